The van der Waals surface area contributed by atoms with Crippen LogP contribution in [0.1, 0.15) is 5.82 Å². The third-order valence-corrected chi connectivity index (χ3v) is 5.44. The predicted octanol–water partition coefficient (Wildman–Crippen LogP) is 2.54. The molecule has 0 aliphatic carbocycles. The first-order valence-electron chi connectivity index (χ1n) is 8.75. The highest BCUT2D eigenvalue weighted by Crippen LogP contribution is 2.17. The molecule has 0 unspecified atom stereocenters. The Kier molecular flexibility index (Phi) is 5.06. The Morgan fingerprint density at radius 2 is 1.88 bits per heavy atom. The molecule has 1 aliphatic rings. The van der Waals surface area contributed by atoms with Gasteiger partial charge in [-0.1, -0.05) is 18.2 Å². The lowest BCUT2D eigenvalue weighted by atomic mass is 10.3. The van der Waals surface area contributed by atoms with E-state index in [9.17, 15) is 4.79 Å². The third-order valence-electron chi connectivity index (χ3n) is 4.51. The second kappa shape index (κ2) is 7.78. The molecule has 3 aromatic rings. The van der Waals surface area contributed by atoms with Crippen molar-refractivity contribution < 1.29 is 4.79 Å². The second-order valence-electron chi connectivity index (χ2n) is 6.25. The summed E-state index contributed by atoms with van der Waals surface area (Å²) in [4.78, 5) is 28.9. The molecule has 134 valence electrons. The SMILES string of the molecule is O=C(CSCc1nc2ccccc2[nH]1)N1CCN(c2ccccn2)CC1. The van der Waals surface area contributed by atoms with Crippen molar-refractivity contribution in [2.75, 3.05) is 36.8 Å². The van der Waals surface area contributed by atoms with Gasteiger partial charge in [0.2, 0.25) is 5.91 Å². The summed E-state index contributed by atoms with van der Waals surface area (Å²) in [5, 5.41) is 0. The van der Waals surface area contributed by atoms with Crippen molar-refractivity contribution in [1.29, 1.82) is 0 Å². The van der Waals surface area contributed by atoms with Crippen LogP contribution in [0.3, 0.4) is 0 Å². The highest BCUT2D eigenvalue weighted by atomic mass is 32.2. The number of hydrogen-bond donors (Lipinski definition) is 1. The summed E-state index contributed by atoms with van der Waals surface area (Å²) in [5.41, 5.74) is 2.01. The van der Waals surface area contributed by atoms with Crippen LogP contribution < -0.4 is 4.90 Å². The Balaban J connectivity index is 1.24. The van der Waals surface area contributed by atoms with Gasteiger partial charge in [0.15, 0.2) is 0 Å². The highest BCUT2D eigenvalue weighted by Gasteiger charge is 2.21. The summed E-state index contributed by atoms with van der Waals surface area (Å²) >= 11 is 1.61. The van der Waals surface area contributed by atoms with Crippen LogP contribution in [0.2, 0.25) is 0 Å². The van der Waals surface area contributed by atoms with Crippen molar-refractivity contribution in [3.8, 4) is 0 Å². The lowest BCUT2D eigenvalue weighted by molar-refractivity contribution is -0.128. The molecule has 0 radical (unpaired) electrons. The van der Waals surface area contributed by atoms with Gasteiger partial charge in [-0.05, 0) is 24.3 Å². The van der Waals surface area contributed by atoms with E-state index in [0.717, 1.165) is 48.9 Å². The molecule has 2 aromatic heterocycles. The van der Waals surface area contributed by atoms with Crippen LogP contribution in [-0.2, 0) is 10.5 Å². The number of fused-ring (bicyclic) bond motifs is 1. The predicted molar refractivity (Wildman–Crippen MR) is 105 cm³/mol. The maximum Gasteiger partial charge on any atom is 0.232 e. The molecule has 1 saturated heterocycles. The first-order valence-corrected chi connectivity index (χ1v) is 9.90. The van der Waals surface area contributed by atoms with E-state index in [0.29, 0.717) is 11.5 Å². The maximum absolute atomic E-state index is 12.4. The Morgan fingerprint density at radius 3 is 2.65 bits per heavy atom. The molecular formula is C19H21N5OS. The quantitative estimate of drug-likeness (QED) is 0.751. The molecule has 7 heteroatoms. The number of imidazole rings is 1. The fourth-order valence-electron chi connectivity index (χ4n) is 3.13. The van der Waals surface area contributed by atoms with E-state index in [1.54, 1.807) is 11.8 Å². The number of carbonyl (C=O) groups excluding carboxylic acids is 1. The van der Waals surface area contributed by atoms with Gasteiger partial charge in [0.25, 0.3) is 0 Å². The van der Waals surface area contributed by atoms with Gasteiger partial charge in [0, 0.05) is 32.4 Å². The van der Waals surface area contributed by atoms with E-state index in [1.807, 2.05) is 53.6 Å². The van der Waals surface area contributed by atoms with Gasteiger partial charge >= 0.3 is 0 Å². The molecule has 4 rings (SSSR count). The standard InChI is InChI=1S/C19H21N5OS/c25-19(14-26-13-17-21-15-5-1-2-6-16(15)22-17)24-11-9-23(10-12-24)18-7-3-4-8-20-18/h1-8H,9-14H2,(H,21,22). The number of aromatic nitrogens is 3. The lowest BCUT2D eigenvalue weighted by Gasteiger charge is -2.35. The van der Waals surface area contributed by atoms with Crippen LogP contribution in [0.5, 0.6) is 0 Å². The normalized spacial score (nSPS) is 14.8. The molecule has 0 spiro atoms. The number of pyridine rings is 1. The Hall–Kier alpha value is -2.54. The molecule has 1 aromatic carbocycles. The average Bonchev–Trinajstić information content (AvgIpc) is 3.11. The van der Waals surface area contributed by atoms with Crippen molar-refractivity contribution in [2.24, 2.45) is 0 Å². The summed E-state index contributed by atoms with van der Waals surface area (Å²) in [7, 11) is 0. The van der Waals surface area contributed by atoms with Crippen LogP contribution in [-0.4, -0.2) is 57.7 Å². The summed E-state index contributed by atoms with van der Waals surface area (Å²) in [5.74, 6) is 3.31. The molecule has 1 N–H and O–H groups in total. The van der Waals surface area contributed by atoms with E-state index >= 15 is 0 Å². The molecule has 1 aliphatic heterocycles. The minimum Gasteiger partial charge on any atom is -0.353 e. The highest BCUT2D eigenvalue weighted by molar-refractivity contribution is 7.99. The Bertz CT molecular complexity index is 841. The lowest BCUT2D eigenvalue weighted by Crippen LogP contribution is -2.49. The number of anilines is 1. The summed E-state index contributed by atoms with van der Waals surface area (Å²) < 4.78 is 0. The van der Waals surface area contributed by atoms with E-state index in [1.165, 1.54) is 0 Å². The number of carbonyl (C=O) groups is 1. The van der Waals surface area contributed by atoms with Crippen LogP contribution in [0.15, 0.2) is 48.7 Å². The zero-order valence-corrected chi connectivity index (χ0v) is 15.3. The number of piperazine rings is 1. The molecule has 6 nitrogen and oxygen atoms in total. The van der Waals surface area contributed by atoms with Gasteiger partial charge in [-0.3, -0.25) is 4.79 Å². The number of para-hydroxylation sites is 2. The molecule has 0 saturated carbocycles. The summed E-state index contributed by atoms with van der Waals surface area (Å²) in [6.07, 6.45) is 1.81. The number of rotatable bonds is 5. The first kappa shape index (κ1) is 16.9. The molecule has 0 bridgehead atoms. The van der Waals surface area contributed by atoms with Crippen molar-refractivity contribution >= 4 is 34.5 Å². The van der Waals surface area contributed by atoms with Gasteiger partial charge in [0.1, 0.15) is 11.6 Å². The van der Waals surface area contributed by atoms with Crippen LogP contribution in [0.25, 0.3) is 11.0 Å². The molecule has 26 heavy (non-hydrogen) atoms. The van der Waals surface area contributed by atoms with Crippen LogP contribution in [0, 0.1) is 0 Å². The van der Waals surface area contributed by atoms with E-state index in [4.69, 9.17) is 0 Å². The number of nitrogens with one attached hydrogen (secondary N) is 1. The van der Waals surface area contributed by atoms with Gasteiger partial charge in [-0.2, -0.15) is 0 Å². The topological polar surface area (TPSA) is 65.1 Å². The number of thioether (sulfide) groups is 1. The Morgan fingerprint density at radius 1 is 1.08 bits per heavy atom. The number of hydrogen-bond acceptors (Lipinski definition) is 5. The molecule has 1 amide bonds. The van der Waals surface area contributed by atoms with Gasteiger partial charge in [0.05, 0.1) is 22.5 Å². The number of nitrogens with zero attached hydrogens (tertiary/aromatic N) is 4. The number of benzene rings is 1. The minimum atomic E-state index is 0.201. The fourth-order valence-corrected chi connectivity index (χ4v) is 3.92. The molecule has 1 fully saturated rings. The molecule has 0 atom stereocenters. The zero-order chi connectivity index (χ0) is 17.8. The van der Waals surface area contributed by atoms with E-state index in [-0.39, 0.29) is 5.91 Å². The fraction of sp³-hybridized carbons (Fsp3) is 0.316. The summed E-state index contributed by atoms with van der Waals surface area (Å²) in [6.45, 7) is 3.16. The van der Waals surface area contributed by atoms with Gasteiger partial charge < -0.3 is 14.8 Å². The minimum absolute atomic E-state index is 0.201. The monoisotopic (exact) mass is 367 g/mol. The van der Waals surface area contributed by atoms with Gasteiger partial charge in [-0.15, -0.1) is 11.8 Å². The molecular weight excluding hydrogens is 346 g/mol. The smallest absolute Gasteiger partial charge is 0.232 e. The molecule has 3 heterocycles. The number of H-pyrrole nitrogens is 1. The van der Waals surface area contributed by atoms with E-state index < -0.39 is 0 Å². The van der Waals surface area contributed by atoms with Crippen molar-refractivity contribution in [3.05, 3.63) is 54.5 Å². The first-order chi connectivity index (χ1) is 12.8. The van der Waals surface area contributed by atoms with Crippen molar-refractivity contribution in [3.63, 3.8) is 0 Å². The Labute approximate surface area is 156 Å². The van der Waals surface area contributed by atoms with Crippen molar-refractivity contribution in [1.82, 2.24) is 19.9 Å². The number of aromatic amines is 1. The van der Waals surface area contributed by atoms with Crippen LogP contribution in [0.4, 0.5) is 5.82 Å². The van der Waals surface area contributed by atoms with Crippen LogP contribution >= 0.6 is 11.8 Å². The van der Waals surface area contributed by atoms with E-state index in [2.05, 4.69) is 19.9 Å². The number of amides is 1. The third kappa shape index (κ3) is 3.83. The zero-order valence-electron chi connectivity index (χ0n) is 14.5. The maximum atomic E-state index is 12.4. The largest absolute Gasteiger partial charge is 0.353 e. The average molecular weight is 367 g/mol. The van der Waals surface area contributed by atoms with Gasteiger partial charge in [-0.25, -0.2) is 9.97 Å². The van der Waals surface area contributed by atoms with Crippen molar-refractivity contribution in [2.45, 2.75) is 5.75 Å². The second-order valence-corrected chi connectivity index (χ2v) is 7.23. The summed E-state index contributed by atoms with van der Waals surface area (Å²) in [6, 6.07) is 13.9.